The number of aromatic nitrogens is 3. The van der Waals surface area contributed by atoms with Gasteiger partial charge in [0.2, 0.25) is 0 Å². The fraction of sp³-hybridized carbons (Fsp3) is 0.400. The molecule has 0 aliphatic rings. The molecule has 12 heteroatoms. The molecular formula is C15H19Cl2F2IN6O. The van der Waals surface area contributed by atoms with Crippen LogP contribution in [0.3, 0.4) is 0 Å². The minimum Gasteiger partial charge on any atom is -0.433 e. The molecular weight excluding hydrogens is 516 g/mol. The van der Waals surface area contributed by atoms with Gasteiger partial charge in [-0.3, -0.25) is 4.99 Å². The lowest BCUT2D eigenvalue weighted by atomic mass is 10.2. The van der Waals surface area contributed by atoms with Crippen LogP contribution in [0.25, 0.3) is 0 Å². The summed E-state index contributed by atoms with van der Waals surface area (Å²) in [7, 11) is 1.58. The van der Waals surface area contributed by atoms with Crippen molar-refractivity contribution in [3.05, 3.63) is 39.9 Å². The molecule has 2 aromatic rings. The van der Waals surface area contributed by atoms with Gasteiger partial charge in [-0.1, -0.05) is 23.2 Å². The largest absolute Gasteiger partial charge is 0.433 e. The van der Waals surface area contributed by atoms with Gasteiger partial charge in [0.1, 0.15) is 12.1 Å². The van der Waals surface area contributed by atoms with Crippen LogP contribution >= 0.6 is 47.2 Å². The standard InChI is InChI=1S/C15H18Cl2F2N6O.HI/c1-3-25-8-23-24-12(25)7-22-15(20-2)21-6-9-4-10(16)5-11(17)13(9)26-14(18)19;/h4-5,8,14H,3,6-7H2,1-2H3,(H2,20,21,22);1H. The van der Waals surface area contributed by atoms with Gasteiger partial charge in [0.15, 0.2) is 11.8 Å². The molecule has 7 nitrogen and oxygen atoms in total. The molecule has 2 N–H and O–H groups in total. The number of nitrogens with one attached hydrogen (secondary N) is 2. The monoisotopic (exact) mass is 534 g/mol. The number of halogens is 5. The van der Waals surface area contributed by atoms with Gasteiger partial charge in [-0.25, -0.2) is 0 Å². The predicted molar refractivity (Wildman–Crippen MR) is 111 cm³/mol. The molecule has 0 spiro atoms. The zero-order chi connectivity index (χ0) is 19.1. The fourth-order valence-electron chi connectivity index (χ4n) is 2.21. The second kappa shape index (κ2) is 11.4. The van der Waals surface area contributed by atoms with E-state index in [1.165, 1.54) is 12.1 Å². The number of alkyl halides is 2. The van der Waals surface area contributed by atoms with Gasteiger partial charge in [-0.05, 0) is 19.1 Å². The van der Waals surface area contributed by atoms with Gasteiger partial charge in [-0.2, -0.15) is 8.78 Å². The van der Waals surface area contributed by atoms with Crippen molar-refractivity contribution in [3.63, 3.8) is 0 Å². The summed E-state index contributed by atoms with van der Waals surface area (Å²) >= 11 is 11.9. The highest BCUT2D eigenvalue weighted by atomic mass is 127. The summed E-state index contributed by atoms with van der Waals surface area (Å²) in [6.45, 7) is 0.246. The number of benzene rings is 1. The number of nitrogens with zero attached hydrogens (tertiary/aromatic N) is 4. The number of aryl methyl sites for hydroxylation is 1. The van der Waals surface area contributed by atoms with E-state index in [1.54, 1.807) is 13.4 Å². The van der Waals surface area contributed by atoms with Crippen LogP contribution in [-0.2, 0) is 19.6 Å². The summed E-state index contributed by atoms with van der Waals surface area (Å²) in [4.78, 5) is 4.08. The molecule has 0 aliphatic carbocycles. The lowest BCUT2D eigenvalue weighted by Gasteiger charge is -2.16. The fourth-order valence-corrected chi connectivity index (χ4v) is 2.79. The van der Waals surface area contributed by atoms with Crippen LogP contribution in [0.2, 0.25) is 10.0 Å². The van der Waals surface area contributed by atoms with Crippen molar-refractivity contribution in [1.82, 2.24) is 25.4 Å². The number of guanidine groups is 1. The predicted octanol–water partition coefficient (Wildman–Crippen LogP) is 3.69. The van der Waals surface area contributed by atoms with Crippen LogP contribution < -0.4 is 15.4 Å². The molecule has 0 radical (unpaired) electrons. The molecule has 1 aromatic carbocycles. The third-order valence-electron chi connectivity index (χ3n) is 3.41. The molecule has 150 valence electrons. The first-order valence-corrected chi connectivity index (χ1v) is 8.44. The SMILES string of the molecule is CCn1cnnc1CNC(=NC)NCc1cc(Cl)cc(Cl)c1OC(F)F.I. The Morgan fingerprint density at radius 2 is 2.00 bits per heavy atom. The minimum absolute atomic E-state index is 0. The molecule has 0 bridgehead atoms. The van der Waals surface area contributed by atoms with E-state index in [4.69, 9.17) is 23.2 Å². The Morgan fingerprint density at radius 3 is 2.63 bits per heavy atom. The van der Waals surface area contributed by atoms with Gasteiger partial charge < -0.3 is 19.9 Å². The van der Waals surface area contributed by atoms with E-state index in [1.807, 2.05) is 11.5 Å². The van der Waals surface area contributed by atoms with E-state index in [0.29, 0.717) is 23.1 Å². The molecule has 0 saturated carbocycles. The Morgan fingerprint density at radius 1 is 1.30 bits per heavy atom. The second-order valence-corrected chi connectivity index (χ2v) is 5.91. The quantitative estimate of drug-likeness (QED) is 0.322. The van der Waals surface area contributed by atoms with Gasteiger partial charge in [0, 0.05) is 30.7 Å². The van der Waals surface area contributed by atoms with Crippen LogP contribution in [-0.4, -0.2) is 34.4 Å². The highest BCUT2D eigenvalue weighted by Crippen LogP contribution is 2.33. The molecule has 0 fully saturated rings. The first kappa shape index (κ1) is 23.6. The van der Waals surface area contributed by atoms with Gasteiger partial charge in [0.25, 0.3) is 0 Å². The molecule has 1 heterocycles. The maximum atomic E-state index is 12.6. The summed E-state index contributed by atoms with van der Waals surface area (Å²) in [6, 6.07) is 2.84. The van der Waals surface area contributed by atoms with Crippen LogP contribution in [0.5, 0.6) is 5.75 Å². The normalized spacial score (nSPS) is 11.3. The molecule has 0 aliphatic heterocycles. The maximum absolute atomic E-state index is 12.6. The van der Waals surface area contributed by atoms with Gasteiger partial charge >= 0.3 is 6.61 Å². The Balaban J connectivity index is 0.00000364. The van der Waals surface area contributed by atoms with Crippen LogP contribution in [0, 0.1) is 0 Å². The first-order chi connectivity index (χ1) is 12.4. The van der Waals surface area contributed by atoms with E-state index >= 15 is 0 Å². The van der Waals surface area contributed by atoms with E-state index in [0.717, 1.165) is 12.4 Å². The number of hydrogen-bond donors (Lipinski definition) is 2. The Labute approximate surface area is 182 Å². The van der Waals surface area contributed by atoms with Crippen LogP contribution in [0.15, 0.2) is 23.5 Å². The molecule has 27 heavy (non-hydrogen) atoms. The van der Waals surface area contributed by atoms with E-state index in [2.05, 4.69) is 30.6 Å². The maximum Gasteiger partial charge on any atom is 0.387 e. The highest BCUT2D eigenvalue weighted by Gasteiger charge is 2.15. The highest BCUT2D eigenvalue weighted by molar-refractivity contribution is 14.0. The van der Waals surface area contributed by atoms with Crippen molar-refractivity contribution in [2.75, 3.05) is 7.05 Å². The Bertz CT molecular complexity index is 775. The number of aliphatic imine (C=N–C) groups is 1. The molecule has 2 rings (SSSR count). The number of ether oxygens (including phenoxy) is 1. The van der Waals surface area contributed by atoms with Gasteiger partial charge in [0.05, 0.1) is 11.6 Å². The van der Waals surface area contributed by atoms with Crippen LogP contribution in [0.4, 0.5) is 8.78 Å². The average Bonchev–Trinajstić information content (AvgIpc) is 3.05. The van der Waals surface area contributed by atoms with E-state index in [9.17, 15) is 8.78 Å². The lowest BCUT2D eigenvalue weighted by Crippen LogP contribution is -2.37. The van der Waals surface area contributed by atoms with Crippen molar-refractivity contribution in [3.8, 4) is 5.75 Å². The number of rotatable bonds is 7. The molecule has 0 amide bonds. The summed E-state index contributed by atoms with van der Waals surface area (Å²) in [5.74, 6) is 1.05. The van der Waals surface area contributed by atoms with Crippen LogP contribution in [0.1, 0.15) is 18.3 Å². The average molecular weight is 535 g/mol. The second-order valence-electron chi connectivity index (χ2n) is 5.07. The van der Waals surface area contributed by atoms with Crippen molar-refractivity contribution in [2.24, 2.45) is 4.99 Å². The third kappa shape index (κ3) is 6.92. The first-order valence-electron chi connectivity index (χ1n) is 7.68. The third-order valence-corrected chi connectivity index (χ3v) is 3.91. The van der Waals surface area contributed by atoms with Gasteiger partial charge in [-0.15, -0.1) is 34.2 Å². The summed E-state index contributed by atoms with van der Waals surface area (Å²) in [5, 5.41) is 14.2. The molecule has 0 atom stereocenters. The smallest absolute Gasteiger partial charge is 0.387 e. The zero-order valence-electron chi connectivity index (χ0n) is 14.5. The number of hydrogen-bond acceptors (Lipinski definition) is 4. The van der Waals surface area contributed by atoms with E-state index in [-0.39, 0.29) is 41.3 Å². The molecule has 0 unspecified atom stereocenters. The molecule has 1 aromatic heterocycles. The van der Waals surface area contributed by atoms with Crippen molar-refractivity contribution in [1.29, 1.82) is 0 Å². The van der Waals surface area contributed by atoms with Crippen molar-refractivity contribution in [2.45, 2.75) is 33.2 Å². The lowest BCUT2D eigenvalue weighted by molar-refractivity contribution is -0.0504. The zero-order valence-corrected chi connectivity index (χ0v) is 18.4. The minimum atomic E-state index is -3.00. The molecule has 0 saturated heterocycles. The van der Waals surface area contributed by atoms with E-state index < -0.39 is 6.61 Å². The van der Waals surface area contributed by atoms with Crippen molar-refractivity contribution >= 4 is 53.1 Å². The topological polar surface area (TPSA) is 76.4 Å². The summed E-state index contributed by atoms with van der Waals surface area (Å²) < 4.78 is 31.6. The summed E-state index contributed by atoms with van der Waals surface area (Å²) in [6.07, 6.45) is 1.63. The summed E-state index contributed by atoms with van der Waals surface area (Å²) in [5.41, 5.74) is 0.377. The van der Waals surface area contributed by atoms with Crippen molar-refractivity contribution < 1.29 is 13.5 Å². The Hall–Kier alpha value is -1.40. The Kier molecular flexibility index (Phi) is 10.0.